The molecule has 1 aliphatic heterocycles. The first kappa shape index (κ1) is 25.3. The second kappa shape index (κ2) is 9.69. The van der Waals surface area contributed by atoms with E-state index in [2.05, 4.69) is 15.7 Å². The maximum Gasteiger partial charge on any atom is 0.343 e. The van der Waals surface area contributed by atoms with Crippen LogP contribution in [0.3, 0.4) is 0 Å². The number of hydrazone groups is 1. The highest BCUT2D eigenvalue weighted by molar-refractivity contribution is 7.89. The number of urea groups is 1. The van der Waals surface area contributed by atoms with Crippen molar-refractivity contribution in [3.63, 3.8) is 0 Å². The fourth-order valence-corrected chi connectivity index (χ4v) is 4.57. The molecule has 3 aromatic rings. The van der Waals surface area contributed by atoms with Gasteiger partial charge < -0.3 is 10.6 Å². The summed E-state index contributed by atoms with van der Waals surface area (Å²) in [4.78, 5) is 25.8. The van der Waals surface area contributed by atoms with Gasteiger partial charge in [0.1, 0.15) is 11.4 Å². The minimum Gasteiger partial charge on any atom is -0.321 e. The molecule has 1 unspecified atom stereocenters. The Morgan fingerprint density at radius 1 is 1.08 bits per heavy atom. The number of halogens is 2. The Morgan fingerprint density at radius 3 is 2.44 bits per heavy atom. The molecule has 0 saturated heterocycles. The van der Waals surface area contributed by atoms with Gasteiger partial charge in [0.25, 0.3) is 5.91 Å². The van der Waals surface area contributed by atoms with E-state index < -0.39 is 33.3 Å². The number of carbonyl (C=O) groups excluding carboxylic acids is 2. The second-order valence-corrected chi connectivity index (χ2v) is 10.2. The Morgan fingerprint density at radius 2 is 1.78 bits per heavy atom. The van der Waals surface area contributed by atoms with Crippen molar-refractivity contribution in [2.24, 2.45) is 10.2 Å². The molecular formula is C24H21ClFN5O4S. The molecule has 4 N–H and O–H groups in total. The predicted octanol–water partition coefficient (Wildman–Crippen LogP) is 4.41. The molecule has 12 heteroatoms. The third kappa shape index (κ3) is 5.08. The molecule has 0 spiro atoms. The van der Waals surface area contributed by atoms with Crippen LogP contribution in [0.5, 0.6) is 0 Å². The maximum absolute atomic E-state index is 15.0. The molecule has 0 aromatic heterocycles. The van der Waals surface area contributed by atoms with E-state index in [9.17, 15) is 22.4 Å². The first-order valence-corrected chi connectivity index (χ1v) is 12.5. The first-order valence-electron chi connectivity index (χ1n) is 10.6. The van der Waals surface area contributed by atoms with Crippen LogP contribution in [-0.4, -0.2) is 37.1 Å². The zero-order chi connectivity index (χ0) is 26.1. The first-order chi connectivity index (χ1) is 17.0. The lowest BCUT2D eigenvalue weighted by Crippen LogP contribution is -2.53. The van der Waals surface area contributed by atoms with Crippen LogP contribution in [0.15, 0.2) is 76.7 Å². The van der Waals surface area contributed by atoms with E-state index in [1.165, 1.54) is 43.5 Å². The summed E-state index contributed by atoms with van der Waals surface area (Å²) in [6.07, 6.45) is 1.53. The minimum absolute atomic E-state index is 0.105. The zero-order valence-electron chi connectivity index (χ0n) is 18.9. The van der Waals surface area contributed by atoms with E-state index in [0.717, 1.165) is 11.1 Å². The fourth-order valence-electron chi connectivity index (χ4n) is 3.68. The number of carbonyl (C=O) groups is 2. The minimum atomic E-state index is -4.04. The number of anilines is 2. The van der Waals surface area contributed by atoms with Gasteiger partial charge in [-0.15, -0.1) is 0 Å². The summed E-state index contributed by atoms with van der Waals surface area (Å²) in [6, 6.07) is 15.5. The van der Waals surface area contributed by atoms with Crippen LogP contribution in [0.25, 0.3) is 11.1 Å². The van der Waals surface area contributed by atoms with Crippen LogP contribution in [0.2, 0.25) is 5.02 Å². The molecule has 9 nitrogen and oxygen atoms in total. The zero-order valence-corrected chi connectivity index (χ0v) is 20.5. The molecule has 1 aliphatic rings. The summed E-state index contributed by atoms with van der Waals surface area (Å²) < 4.78 is 38.8. The van der Waals surface area contributed by atoms with Gasteiger partial charge in [-0.1, -0.05) is 35.9 Å². The summed E-state index contributed by atoms with van der Waals surface area (Å²) in [5.74, 6) is -1.47. The molecule has 0 bridgehead atoms. The SMILES string of the molecule is CC1(C(=O)Nc2ccc(-c3ccccc3S(N)(=O)=O)cc2F)CC=NN1C(=O)Nc1ccc(Cl)cc1. The van der Waals surface area contributed by atoms with E-state index >= 15 is 0 Å². The number of nitrogens with two attached hydrogens (primary N) is 1. The lowest BCUT2D eigenvalue weighted by Gasteiger charge is -2.31. The Balaban J connectivity index is 1.54. The molecule has 1 heterocycles. The molecule has 0 fully saturated rings. The van der Waals surface area contributed by atoms with E-state index in [4.69, 9.17) is 16.7 Å². The van der Waals surface area contributed by atoms with Gasteiger partial charge in [0.05, 0.1) is 10.6 Å². The number of rotatable bonds is 5. The van der Waals surface area contributed by atoms with Crippen LogP contribution in [0.4, 0.5) is 20.6 Å². The van der Waals surface area contributed by atoms with E-state index in [1.54, 1.807) is 30.3 Å². The van der Waals surface area contributed by atoms with Gasteiger partial charge in [0, 0.05) is 28.9 Å². The molecule has 0 radical (unpaired) electrons. The van der Waals surface area contributed by atoms with Crippen molar-refractivity contribution in [2.75, 3.05) is 10.6 Å². The third-order valence-electron chi connectivity index (χ3n) is 5.65. The molecule has 3 aromatic carbocycles. The molecule has 3 amide bonds. The van der Waals surface area contributed by atoms with Gasteiger partial charge in [-0.2, -0.15) is 10.1 Å². The standard InChI is InChI=1S/C24H21ClFN5O4S/c1-24(12-13-28-31(24)23(33)29-17-9-7-16(25)8-10-17)22(32)30-20-11-6-15(14-19(20)26)18-4-2-3-5-21(18)36(27,34)35/h2-11,13-14H,12H2,1H3,(H,29,33)(H,30,32)(H2,27,34,35). The van der Waals surface area contributed by atoms with Crippen LogP contribution in [0, 0.1) is 5.82 Å². The summed E-state index contributed by atoms with van der Waals surface area (Å²) in [5.41, 5.74) is -0.645. The van der Waals surface area contributed by atoms with Gasteiger partial charge in [-0.25, -0.2) is 22.7 Å². The van der Waals surface area contributed by atoms with Crippen LogP contribution < -0.4 is 15.8 Å². The third-order valence-corrected chi connectivity index (χ3v) is 6.87. The molecule has 4 rings (SSSR count). The molecular weight excluding hydrogens is 509 g/mol. The van der Waals surface area contributed by atoms with Crippen molar-refractivity contribution in [1.29, 1.82) is 0 Å². The van der Waals surface area contributed by atoms with E-state index in [1.807, 2.05) is 0 Å². The number of hydrogen-bond donors (Lipinski definition) is 3. The van der Waals surface area contributed by atoms with Crippen molar-refractivity contribution in [3.05, 3.63) is 77.6 Å². The van der Waals surface area contributed by atoms with Crippen molar-refractivity contribution in [3.8, 4) is 11.1 Å². The molecule has 0 aliphatic carbocycles. The predicted molar refractivity (Wildman–Crippen MR) is 136 cm³/mol. The van der Waals surface area contributed by atoms with Crippen molar-refractivity contribution in [2.45, 2.75) is 23.8 Å². The number of sulfonamides is 1. The van der Waals surface area contributed by atoms with Gasteiger partial charge in [-0.3, -0.25) is 4.79 Å². The summed E-state index contributed by atoms with van der Waals surface area (Å²) >= 11 is 5.86. The monoisotopic (exact) mass is 529 g/mol. The summed E-state index contributed by atoms with van der Waals surface area (Å²) in [7, 11) is -4.04. The van der Waals surface area contributed by atoms with E-state index in [0.29, 0.717) is 10.7 Å². The Bertz CT molecular complexity index is 1480. The van der Waals surface area contributed by atoms with Gasteiger partial charge in [0.15, 0.2) is 0 Å². The Kier molecular flexibility index (Phi) is 6.81. The average molecular weight is 530 g/mol. The quantitative estimate of drug-likeness (QED) is 0.451. The topological polar surface area (TPSA) is 134 Å². The molecule has 36 heavy (non-hydrogen) atoms. The molecule has 186 valence electrons. The lowest BCUT2D eigenvalue weighted by atomic mass is 9.97. The van der Waals surface area contributed by atoms with Gasteiger partial charge in [0.2, 0.25) is 10.0 Å². The maximum atomic E-state index is 15.0. The second-order valence-electron chi connectivity index (χ2n) is 8.21. The average Bonchev–Trinajstić information content (AvgIpc) is 3.24. The highest BCUT2D eigenvalue weighted by Crippen LogP contribution is 2.31. The number of nitrogens with zero attached hydrogens (tertiary/aromatic N) is 2. The highest BCUT2D eigenvalue weighted by atomic mass is 35.5. The Labute approximate surface area is 211 Å². The fraction of sp³-hybridized carbons (Fsp3) is 0.125. The molecule has 1 atom stereocenters. The van der Waals surface area contributed by atoms with Crippen LogP contribution >= 0.6 is 11.6 Å². The van der Waals surface area contributed by atoms with Crippen molar-refractivity contribution in [1.82, 2.24) is 5.01 Å². The van der Waals surface area contributed by atoms with Crippen LogP contribution in [0.1, 0.15) is 13.3 Å². The van der Waals surface area contributed by atoms with Crippen molar-refractivity contribution >= 4 is 51.2 Å². The smallest absolute Gasteiger partial charge is 0.321 e. The Hall–Kier alpha value is -3.80. The number of amides is 3. The number of primary sulfonamides is 1. The molecule has 0 saturated carbocycles. The lowest BCUT2D eigenvalue weighted by molar-refractivity contribution is -0.124. The number of hydrogen-bond acceptors (Lipinski definition) is 5. The highest BCUT2D eigenvalue weighted by Gasteiger charge is 2.45. The van der Waals surface area contributed by atoms with Crippen LogP contribution in [-0.2, 0) is 14.8 Å². The van der Waals surface area contributed by atoms with Gasteiger partial charge >= 0.3 is 6.03 Å². The number of nitrogens with one attached hydrogen (secondary N) is 2. The normalized spacial score (nSPS) is 17.2. The summed E-state index contributed by atoms with van der Waals surface area (Å²) in [5, 5.41) is 15.9. The van der Waals surface area contributed by atoms with Crippen molar-refractivity contribution < 1.29 is 22.4 Å². The van der Waals surface area contributed by atoms with E-state index in [-0.39, 0.29) is 28.1 Å². The number of benzene rings is 3. The summed E-state index contributed by atoms with van der Waals surface area (Å²) in [6.45, 7) is 1.51. The largest absolute Gasteiger partial charge is 0.343 e. The van der Waals surface area contributed by atoms with Gasteiger partial charge in [-0.05, 0) is 55.0 Å².